The number of aliphatic imine (C=N–C) groups is 2. The maximum absolute atomic E-state index is 12.7. The Morgan fingerprint density at radius 2 is 2.19 bits per heavy atom. The van der Waals surface area contributed by atoms with Crippen molar-refractivity contribution in [2.75, 3.05) is 5.32 Å². The summed E-state index contributed by atoms with van der Waals surface area (Å²) in [6.07, 6.45) is 9.23. The quantitative estimate of drug-likeness (QED) is 0.864. The molecule has 0 aromatic carbocycles. The number of fused-ring (bicyclic) bond motifs is 2. The van der Waals surface area contributed by atoms with Crippen LogP contribution in [0.15, 0.2) is 20.5 Å². The lowest BCUT2D eigenvalue weighted by molar-refractivity contribution is -0.123. The van der Waals surface area contributed by atoms with E-state index in [-0.39, 0.29) is 11.5 Å². The molecule has 3 aliphatic rings. The normalized spacial score (nSPS) is 31.3. The van der Waals surface area contributed by atoms with Crippen molar-refractivity contribution >= 4 is 29.5 Å². The summed E-state index contributed by atoms with van der Waals surface area (Å²) in [5.41, 5.74) is 1.49. The molecule has 6 nitrogen and oxygen atoms in total. The monoisotopic (exact) mass is 354 g/mol. The molecule has 3 atom stereocenters. The number of nitrogens with one attached hydrogen (secondary N) is 1. The van der Waals surface area contributed by atoms with Gasteiger partial charge in [0.1, 0.15) is 5.78 Å². The van der Waals surface area contributed by atoms with Gasteiger partial charge in [0.25, 0.3) is 0 Å². The van der Waals surface area contributed by atoms with Crippen LogP contribution in [0.25, 0.3) is 6.08 Å². The van der Waals surface area contributed by atoms with Gasteiger partial charge in [0.2, 0.25) is 5.96 Å². The highest BCUT2D eigenvalue weighted by atomic mass is 16.4. The first-order valence-corrected chi connectivity index (χ1v) is 9.58. The number of carbonyl (C=O) groups is 1. The number of carbonyl (C=O) groups excluding carboxylic acids is 1. The molecule has 0 bridgehead atoms. The third-order valence-electron chi connectivity index (χ3n) is 5.77. The molecule has 1 spiro atoms. The van der Waals surface area contributed by atoms with E-state index in [0.717, 1.165) is 49.3 Å². The van der Waals surface area contributed by atoms with Crippen LogP contribution in [0, 0.1) is 18.8 Å². The predicted molar refractivity (Wildman–Crippen MR) is 103 cm³/mol. The van der Waals surface area contributed by atoms with Crippen LogP contribution in [0.3, 0.4) is 0 Å². The van der Waals surface area contributed by atoms with Crippen molar-refractivity contribution in [3.63, 3.8) is 0 Å². The molecule has 138 valence electrons. The number of oxazole rings is 1. The van der Waals surface area contributed by atoms with Gasteiger partial charge in [-0.2, -0.15) is 4.98 Å². The van der Waals surface area contributed by atoms with Gasteiger partial charge in [-0.25, -0.2) is 9.98 Å². The summed E-state index contributed by atoms with van der Waals surface area (Å²) in [7, 11) is 0. The molecule has 0 amide bonds. The summed E-state index contributed by atoms with van der Waals surface area (Å²) >= 11 is 0. The molecule has 1 aliphatic heterocycles. The SMILES string of the molecule is CC=Cc1oc(NC2=NC3(CCC(C)C3)C3C(=O)CCCC3=N2)nc1C. The van der Waals surface area contributed by atoms with E-state index in [1.54, 1.807) is 0 Å². The number of ketones is 1. The number of guanidine groups is 1. The second-order valence-electron chi connectivity index (χ2n) is 7.84. The smallest absolute Gasteiger partial charge is 0.302 e. The summed E-state index contributed by atoms with van der Waals surface area (Å²) in [5.74, 6) is 2.03. The molecule has 6 heteroatoms. The predicted octanol–water partition coefficient (Wildman–Crippen LogP) is 4.17. The second kappa shape index (κ2) is 6.49. The number of rotatable bonds is 2. The van der Waals surface area contributed by atoms with Crippen LogP contribution < -0.4 is 5.32 Å². The zero-order valence-corrected chi connectivity index (χ0v) is 15.7. The van der Waals surface area contributed by atoms with E-state index in [2.05, 4.69) is 17.2 Å². The Kier molecular flexibility index (Phi) is 4.29. The van der Waals surface area contributed by atoms with Crippen LogP contribution in [0.5, 0.6) is 0 Å². The Bertz CT molecular complexity index is 820. The Balaban J connectivity index is 1.67. The minimum Gasteiger partial charge on any atom is -0.424 e. The number of hydrogen-bond donors (Lipinski definition) is 1. The van der Waals surface area contributed by atoms with Crippen LogP contribution in [0.1, 0.15) is 63.8 Å². The highest BCUT2D eigenvalue weighted by Crippen LogP contribution is 2.47. The van der Waals surface area contributed by atoms with Gasteiger partial charge in [-0.1, -0.05) is 13.0 Å². The Hall–Kier alpha value is -2.24. The molecule has 2 saturated carbocycles. The maximum atomic E-state index is 12.7. The molecule has 1 aromatic rings. The molecular weight excluding hydrogens is 328 g/mol. The van der Waals surface area contributed by atoms with Crippen molar-refractivity contribution in [3.8, 4) is 0 Å². The zero-order chi connectivity index (χ0) is 18.3. The lowest BCUT2D eigenvalue weighted by Crippen LogP contribution is -2.49. The maximum Gasteiger partial charge on any atom is 0.302 e. The third kappa shape index (κ3) is 2.91. The van der Waals surface area contributed by atoms with Gasteiger partial charge in [-0.05, 0) is 57.9 Å². The Morgan fingerprint density at radius 1 is 1.35 bits per heavy atom. The summed E-state index contributed by atoms with van der Waals surface area (Å²) in [5, 5.41) is 3.15. The summed E-state index contributed by atoms with van der Waals surface area (Å²) < 4.78 is 5.76. The van der Waals surface area contributed by atoms with Gasteiger partial charge in [-0.3, -0.25) is 10.1 Å². The Labute approximate surface area is 153 Å². The average molecular weight is 354 g/mol. The van der Waals surface area contributed by atoms with Crippen LogP contribution in [-0.4, -0.2) is 28.0 Å². The van der Waals surface area contributed by atoms with Crippen LogP contribution in [-0.2, 0) is 4.79 Å². The molecule has 2 aliphatic carbocycles. The van der Waals surface area contributed by atoms with E-state index in [4.69, 9.17) is 14.4 Å². The van der Waals surface area contributed by atoms with E-state index in [9.17, 15) is 4.79 Å². The fourth-order valence-electron chi connectivity index (χ4n) is 4.67. The van der Waals surface area contributed by atoms with Crippen LogP contribution in [0.2, 0.25) is 0 Å². The van der Waals surface area contributed by atoms with Crippen molar-refractivity contribution < 1.29 is 9.21 Å². The van der Waals surface area contributed by atoms with Crippen molar-refractivity contribution in [1.82, 2.24) is 4.98 Å². The number of anilines is 1. The lowest BCUT2D eigenvalue weighted by atomic mass is 9.71. The standard InChI is InChI=1S/C20H26N4O2/c1-4-6-16-13(3)21-19(26-16)23-18-22-14-7-5-8-15(25)17(14)20(24-18)10-9-12(2)11-20/h4,6,12,17H,5,7-11H2,1-3H3,(H,21,23,24). The van der Waals surface area contributed by atoms with Gasteiger partial charge in [0.15, 0.2) is 5.76 Å². The van der Waals surface area contributed by atoms with Crippen molar-refractivity contribution in [2.24, 2.45) is 21.8 Å². The average Bonchev–Trinajstić information content (AvgIpc) is 3.11. The van der Waals surface area contributed by atoms with E-state index in [1.165, 1.54) is 0 Å². The second-order valence-corrected chi connectivity index (χ2v) is 7.84. The van der Waals surface area contributed by atoms with Gasteiger partial charge >= 0.3 is 6.01 Å². The summed E-state index contributed by atoms with van der Waals surface area (Å²) in [4.78, 5) is 26.8. The fourth-order valence-corrected chi connectivity index (χ4v) is 4.67. The molecule has 2 fully saturated rings. The number of Topliss-reactive ketones (excluding diaryl/α,β-unsaturated/α-hetero) is 1. The molecule has 2 heterocycles. The Morgan fingerprint density at radius 3 is 2.92 bits per heavy atom. The first-order chi connectivity index (χ1) is 12.5. The first-order valence-electron chi connectivity index (χ1n) is 9.58. The van der Waals surface area contributed by atoms with Crippen LogP contribution in [0.4, 0.5) is 6.01 Å². The van der Waals surface area contributed by atoms with Gasteiger partial charge in [0.05, 0.1) is 17.2 Å². The van der Waals surface area contributed by atoms with Crippen molar-refractivity contribution in [1.29, 1.82) is 0 Å². The highest BCUT2D eigenvalue weighted by Gasteiger charge is 2.52. The van der Waals surface area contributed by atoms with Gasteiger partial charge in [-0.15, -0.1) is 0 Å². The number of hydrogen-bond acceptors (Lipinski definition) is 6. The van der Waals surface area contributed by atoms with E-state index >= 15 is 0 Å². The van der Waals surface area contributed by atoms with E-state index in [0.29, 0.717) is 30.1 Å². The number of aryl methyl sites for hydroxylation is 1. The first kappa shape index (κ1) is 17.2. The third-order valence-corrected chi connectivity index (χ3v) is 5.77. The minimum absolute atomic E-state index is 0.128. The molecule has 26 heavy (non-hydrogen) atoms. The number of allylic oxidation sites excluding steroid dienone is 1. The lowest BCUT2D eigenvalue weighted by Gasteiger charge is -2.39. The molecule has 1 aromatic heterocycles. The van der Waals surface area contributed by atoms with Crippen molar-refractivity contribution in [2.45, 2.75) is 64.8 Å². The molecule has 0 radical (unpaired) electrons. The fraction of sp³-hybridized carbons (Fsp3) is 0.600. The van der Waals surface area contributed by atoms with E-state index < -0.39 is 0 Å². The molecule has 3 unspecified atom stereocenters. The molecule has 1 N–H and O–H groups in total. The zero-order valence-electron chi connectivity index (χ0n) is 15.7. The molecular formula is C20H26N4O2. The number of nitrogens with zero attached hydrogens (tertiary/aromatic N) is 3. The van der Waals surface area contributed by atoms with Crippen LogP contribution >= 0.6 is 0 Å². The highest BCUT2D eigenvalue weighted by molar-refractivity contribution is 6.15. The molecule has 0 saturated heterocycles. The summed E-state index contributed by atoms with van der Waals surface area (Å²) in [6, 6.07) is 0.403. The largest absolute Gasteiger partial charge is 0.424 e. The van der Waals surface area contributed by atoms with E-state index in [1.807, 2.05) is 26.0 Å². The van der Waals surface area contributed by atoms with Crippen molar-refractivity contribution in [3.05, 3.63) is 17.5 Å². The number of aromatic nitrogens is 1. The van der Waals surface area contributed by atoms with Gasteiger partial charge in [0, 0.05) is 12.1 Å². The topological polar surface area (TPSA) is 79.9 Å². The summed E-state index contributed by atoms with van der Waals surface area (Å²) in [6.45, 7) is 6.10. The van der Waals surface area contributed by atoms with Gasteiger partial charge < -0.3 is 4.42 Å². The minimum atomic E-state index is -0.329. The molecule has 4 rings (SSSR count).